The maximum Gasteiger partial charge on any atom is 0.362 e. The summed E-state index contributed by atoms with van der Waals surface area (Å²) >= 11 is 0. The first-order valence-electron chi connectivity index (χ1n) is 15.8. The quantitative estimate of drug-likeness (QED) is 0.201. The van der Waals surface area contributed by atoms with E-state index in [1.54, 1.807) is 0 Å². The number of rotatable bonds is 9. The summed E-state index contributed by atoms with van der Waals surface area (Å²) in [4.78, 5) is 0. The van der Waals surface area contributed by atoms with Crippen molar-refractivity contribution in [1.29, 1.82) is 0 Å². The summed E-state index contributed by atoms with van der Waals surface area (Å²) in [5.74, 6) is 1.31. The number of benzene rings is 2. The molecule has 230 valence electrons. The van der Waals surface area contributed by atoms with E-state index in [2.05, 4.69) is 107 Å². The number of epoxide rings is 1. The molecule has 5 rings (SSSR count). The summed E-state index contributed by atoms with van der Waals surface area (Å²) in [5.41, 5.74) is 2.65. The van der Waals surface area contributed by atoms with E-state index < -0.39 is 44.3 Å². The Morgan fingerprint density at radius 1 is 0.714 bits per heavy atom. The molecule has 3 fully saturated rings. The van der Waals surface area contributed by atoms with Crippen molar-refractivity contribution < 1.29 is 25.3 Å². The molecule has 0 N–H and O–H groups in total. The Hall–Kier alpha value is -0.716. The molecule has 0 spiro atoms. The highest BCUT2D eigenvalue weighted by molar-refractivity contribution is 6.89. The van der Waals surface area contributed by atoms with Gasteiger partial charge in [0, 0.05) is 0 Å². The van der Waals surface area contributed by atoms with Gasteiger partial charge in [-0.05, 0) is 105 Å². The van der Waals surface area contributed by atoms with Crippen molar-refractivity contribution in [1.82, 2.24) is 0 Å². The van der Waals surface area contributed by atoms with E-state index in [-0.39, 0.29) is 0 Å². The van der Waals surface area contributed by atoms with Crippen molar-refractivity contribution in [2.45, 2.75) is 114 Å². The van der Waals surface area contributed by atoms with Crippen LogP contribution in [0.25, 0.3) is 0 Å². The summed E-state index contributed by atoms with van der Waals surface area (Å²) in [7, 11) is -11.2. The largest absolute Gasteiger partial charge is 0.416 e. The average Bonchev–Trinajstić information content (AvgIpc) is 3.70. The molecule has 0 aromatic heterocycles. The van der Waals surface area contributed by atoms with Crippen LogP contribution in [0.1, 0.15) is 62.5 Å². The molecular weight excluding hydrogens is 609 g/mol. The van der Waals surface area contributed by atoms with Gasteiger partial charge in [-0.15, -0.1) is 0 Å². The lowest BCUT2D eigenvalue weighted by Gasteiger charge is -2.46. The highest BCUT2D eigenvalue weighted by Gasteiger charge is 2.52. The molecule has 3 aliphatic rings. The molecule has 2 aromatic rings. The first-order chi connectivity index (χ1) is 19.9. The summed E-state index contributed by atoms with van der Waals surface area (Å²) in [6, 6.07) is 24.2. The van der Waals surface area contributed by atoms with E-state index in [1.165, 1.54) is 30.4 Å². The van der Waals surface area contributed by atoms with Gasteiger partial charge in [0.25, 0.3) is 0 Å². The first kappa shape index (κ1) is 32.7. The highest BCUT2D eigenvalue weighted by Crippen LogP contribution is 2.43. The molecule has 6 nitrogen and oxygen atoms in total. The lowest BCUT2D eigenvalue weighted by Crippen LogP contribution is -2.62. The van der Waals surface area contributed by atoms with Gasteiger partial charge in [-0.1, -0.05) is 74.5 Å². The van der Waals surface area contributed by atoms with E-state index in [1.807, 2.05) is 0 Å². The lowest BCUT2D eigenvalue weighted by molar-refractivity contribution is 0.242. The topological polar surface area (TPSA) is 58.7 Å². The Kier molecular flexibility index (Phi) is 10.7. The molecule has 8 atom stereocenters. The molecule has 0 amide bonds. The summed E-state index contributed by atoms with van der Waals surface area (Å²) in [6.45, 7) is 15.7. The minimum atomic E-state index is -2.78. The van der Waals surface area contributed by atoms with Crippen LogP contribution in [0.2, 0.25) is 50.9 Å². The molecule has 0 bridgehead atoms. The van der Waals surface area contributed by atoms with Gasteiger partial charge in [0.2, 0.25) is 0 Å². The van der Waals surface area contributed by atoms with E-state index in [0.717, 1.165) is 24.6 Å². The molecule has 2 saturated heterocycles. The van der Waals surface area contributed by atoms with Gasteiger partial charge < -0.3 is 25.3 Å². The molecule has 2 radical (unpaired) electrons. The summed E-state index contributed by atoms with van der Waals surface area (Å²) in [5, 5.41) is 0. The fourth-order valence-electron chi connectivity index (χ4n) is 7.22. The third-order valence-corrected chi connectivity index (χ3v) is 27.9. The van der Waals surface area contributed by atoms with E-state index >= 15 is 0 Å². The molecule has 1 saturated carbocycles. The van der Waals surface area contributed by atoms with Gasteiger partial charge in [0.1, 0.15) is 0 Å². The zero-order valence-electron chi connectivity index (χ0n) is 26.6. The SMILES string of the molecule is CC(C[Si]1(C)O[Si](C)O[Si](C)O[Si](C)(CCC2CCC3OC3C2)O[Si](C)(CC(C)c2ccccc2)O1)c1ccccc1. The van der Waals surface area contributed by atoms with Crippen LogP contribution in [0, 0.1) is 5.92 Å². The van der Waals surface area contributed by atoms with E-state index in [4.69, 9.17) is 25.3 Å². The van der Waals surface area contributed by atoms with Crippen LogP contribution in [0.3, 0.4) is 0 Å². The Morgan fingerprint density at radius 2 is 1.24 bits per heavy atom. The standard InChI is InChI=1S/C31H50O6Si5/c1-25(28-14-10-8-11-15-28)23-41(6)35-39(4)33-38(3)34-40(5,21-20-27-18-19-30-31(22-27)32-30)36-42(7,37-41)24-26(2)29-16-12-9-13-17-29/h8-17,25-27,30-31H,18-24H2,1-7H3. The predicted octanol–water partition coefficient (Wildman–Crippen LogP) is 8.10. The minimum Gasteiger partial charge on any atom is -0.416 e. The third kappa shape index (κ3) is 8.93. The Balaban J connectivity index is 1.42. The van der Waals surface area contributed by atoms with Gasteiger partial charge >= 0.3 is 44.3 Å². The molecule has 42 heavy (non-hydrogen) atoms. The second-order valence-electron chi connectivity index (χ2n) is 13.4. The van der Waals surface area contributed by atoms with Crippen LogP contribution in [0.5, 0.6) is 0 Å². The molecule has 1 aliphatic carbocycles. The van der Waals surface area contributed by atoms with Crippen molar-refractivity contribution in [2.75, 3.05) is 0 Å². The predicted molar refractivity (Wildman–Crippen MR) is 178 cm³/mol. The summed E-state index contributed by atoms with van der Waals surface area (Å²) in [6.07, 6.45) is 5.79. The van der Waals surface area contributed by atoms with Gasteiger partial charge in [0.15, 0.2) is 0 Å². The Morgan fingerprint density at radius 3 is 1.81 bits per heavy atom. The molecular formula is C31H50O6Si5. The van der Waals surface area contributed by atoms with Crippen LogP contribution in [0.4, 0.5) is 0 Å². The van der Waals surface area contributed by atoms with Crippen LogP contribution in [0.15, 0.2) is 60.7 Å². The van der Waals surface area contributed by atoms with Gasteiger partial charge in [-0.3, -0.25) is 0 Å². The second kappa shape index (κ2) is 13.7. The fourth-order valence-corrected chi connectivity index (χ4v) is 29.5. The maximum absolute atomic E-state index is 7.43. The monoisotopic (exact) mass is 658 g/mol. The highest BCUT2D eigenvalue weighted by atomic mass is 28.5. The number of fused-ring (bicyclic) bond motifs is 1. The number of hydrogen-bond donors (Lipinski definition) is 0. The lowest BCUT2D eigenvalue weighted by atomic mass is 9.88. The number of hydrogen-bond acceptors (Lipinski definition) is 6. The van der Waals surface area contributed by atoms with E-state index in [9.17, 15) is 0 Å². The molecule has 2 aliphatic heterocycles. The van der Waals surface area contributed by atoms with Gasteiger partial charge in [-0.25, -0.2) is 0 Å². The third-order valence-electron chi connectivity index (χ3n) is 9.08. The van der Waals surface area contributed by atoms with Crippen molar-refractivity contribution in [3.05, 3.63) is 71.8 Å². The van der Waals surface area contributed by atoms with Crippen LogP contribution in [-0.2, 0) is 25.3 Å². The molecule has 2 aromatic carbocycles. The summed E-state index contributed by atoms with van der Waals surface area (Å²) < 4.78 is 41.0. The molecule has 8 unspecified atom stereocenters. The minimum absolute atomic E-state index is 0.310. The smallest absolute Gasteiger partial charge is 0.362 e. The van der Waals surface area contributed by atoms with Gasteiger partial charge in [-0.2, -0.15) is 0 Å². The second-order valence-corrected chi connectivity index (χ2v) is 27.5. The Bertz CT molecular complexity index is 1150. The van der Waals surface area contributed by atoms with Crippen LogP contribution in [-0.4, -0.2) is 56.5 Å². The van der Waals surface area contributed by atoms with E-state index in [0.29, 0.717) is 30.0 Å². The van der Waals surface area contributed by atoms with Crippen molar-refractivity contribution in [2.24, 2.45) is 5.92 Å². The number of ether oxygens (including phenoxy) is 1. The maximum atomic E-state index is 7.43. The van der Waals surface area contributed by atoms with Crippen molar-refractivity contribution in [3.63, 3.8) is 0 Å². The molecule has 2 heterocycles. The zero-order chi connectivity index (χ0) is 30.0. The fraction of sp³-hybridized carbons (Fsp3) is 0.613. The normalized spacial score (nSPS) is 36.1. The zero-order valence-corrected chi connectivity index (χ0v) is 31.6. The Labute approximate surface area is 260 Å². The average molecular weight is 659 g/mol. The van der Waals surface area contributed by atoms with Crippen molar-refractivity contribution in [3.8, 4) is 0 Å². The first-order valence-corrected chi connectivity index (χ1v) is 27.0. The van der Waals surface area contributed by atoms with Gasteiger partial charge in [0.05, 0.1) is 12.2 Å². The van der Waals surface area contributed by atoms with Crippen LogP contribution < -0.4 is 0 Å². The molecule has 11 heteroatoms. The van der Waals surface area contributed by atoms with Crippen LogP contribution >= 0.6 is 0 Å². The van der Waals surface area contributed by atoms with Crippen molar-refractivity contribution >= 4 is 44.3 Å².